The molecule has 11 heteroatoms. The summed E-state index contributed by atoms with van der Waals surface area (Å²) in [6.07, 6.45) is 2.86. The molecule has 1 saturated carbocycles. The zero-order chi connectivity index (χ0) is 28.8. The molecule has 218 valence electrons. The van der Waals surface area contributed by atoms with Crippen molar-refractivity contribution < 1.29 is 27.0 Å². The van der Waals surface area contributed by atoms with Crippen molar-refractivity contribution in [1.29, 1.82) is 0 Å². The number of hydrogen-bond donors (Lipinski definition) is 1. The van der Waals surface area contributed by atoms with Gasteiger partial charge in [-0.25, -0.2) is 13.4 Å². The lowest BCUT2D eigenvalue weighted by Crippen LogP contribution is -2.43. The molecule has 6 rings (SSSR count). The van der Waals surface area contributed by atoms with Crippen LogP contribution in [-0.4, -0.2) is 87.4 Å². The fourth-order valence-corrected chi connectivity index (χ4v) is 8.01. The molecule has 3 heterocycles. The summed E-state index contributed by atoms with van der Waals surface area (Å²) in [4.78, 5) is 10.6. The van der Waals surface area contributed by atoms with Crippen LogP contribution in [0.4, 0.5) is 0 Å². The lowest BCUT2D eigenvalue weighted by atomic mass is 9.99. The molecule has 1 atom stereocenters. The van der Waals surface area contributed by atoms with Gasteiger partial charge in [0, 0.05) is 49.9 Å². The lowest BCUT2D eigenvalue weighted by molar-refractivity contribution is 0.0120. The van der Waals surface area contributed by atoms with Crippen LogP contribution in [0.15, 0.2) is 53.6 Å². The van der Waals surface area contributed by atoms with Gasteiger partial charge >= 0.3 is 0 Å². The van der Waals surface area contributed by atoms with Gasteiger partial charge in [0.2, 0.25) is 0 Å². The summed E-state index contributed by atoms with van der Waals surface area (Å²) in [5, 5.41) is 1.57. The minimum Gasteiger partial charge on any atom is -0.489 e. The number of nitrogens with zero attached hydrogens (tertiary/aromatic N) is 2. The molecular weight excluding hydrogens is 561 g/mol. The predicted molar refractivity (Wildman–Crippen MR) is 161 cm³/mol. The van der Waals surface area contributed by atoms with Crippen molar-refractivity contribution in [3.63, 3.8) is 0 Å². The van der Waals surface area contributed by atoms with E-state index < -0.39 is 23.3 Å². The summed E-state index contributed by atoms with van der Waals surface area (Å²) in [7, 11) is -6.09. The van der Waals surface area contributed by atoms with Gasteiger partial charge in [-0.1, -0.05) is 12.1 Å². The number of hydrogen-bond acceptors (Lipinski definition) is 8. The zero-order valence-corrected chi connectivity index (χ0v) is 25.3. The summed E-state index contributed by atoms with van der Waals surface area (Å²) in [5.74, 6) is 0.624. The van der Waals surface area contributed by atoms with E-state index >= 15 is 0 Å². The van der Waals surface area contributed by atoms with E-state index in [0.29, 0.717) is 30.4 Å². The van der Waals surface area contributed by atoms with E-state index in [9.17, 15) is 13.0 Å². The quantitative estimate of drug-likeness (QED) is 0.247. The van der Waals surface area contributed by atoms with Crippen molar-refractivity contribution >= 4 is 39.1 Å². The van der Waals surface area contributed by atoms with Crippen LogP contribution < -0.4 is 4.74 Å². The highest BCUT2D eigenvalue weighted by Crippen LogP contribution is 2.42. The maximum absolute atomic E-state index is 13.0. The van der Waals surface area contributed by atoms with E-state index in [4.69, 9.17) is 14.0 Å². The van der Waals surface area contributed by atoms with Crippen LogP contribution in [0.25, 0.3) is 33.1 Å². The van der Waals surface area contributed by atoms with Gasteiger partial charge in [0.15, 0.2) is 17.2 Å². The Morgan fingerprint density at radius 3 is 2.66 bits per heavy atom. The molecule has 0 amide bonds. The molecule has 9 nitrogen and oxygen atoms in total. The van der Waals surface area contributed by atoms with Crippen molar-refractivity contribution in [3.8, 4) is 16.9 Å². The van der Waals surface area contributed by atoms with Gasteiger partial charge in [0.05, 0.1) is 28.9 Å². The minimum atomic E-state index is -3.33. The Morgan fingerprint density at radius 1 is 1.15 bits per heavy atom. The highest BCUT2D eigenvalue weighted by Gasteiger charge is 2.37. The molecule has 1 saturated heterocycles. The smallest absolute Gasteiger partial charge is 0.197 e. The average molecular weight is 598 g/mol. The largest absolute Gasteiger partial charge is 0.489 e. The third-order valence-electron chi connectivity index (χ3n) is 7.53. The summed E-state index contributed by atoms with van der Waals surface area (Å²) in [6, 6.07) is 13.1. The number of ether oxygens (including phenoxy) is 2. The number of nitrogens with one attached hydrogen (secondary N) is 1. The monoisotopic (exact) mass is 597 g/mol. The Morgan fingerprint density at radius 2 is 1.93 bits per heavy atom. The number of fused-ring (bicyclic) bond motifs is 3. The van der Waals surface area contributed by atoms with Gasteiger partial charge in [-0.15, -0.1) is 0 Å². The molecule has 2 aromatic carbocycles. The second kappa shape index (κ2) is 11.2. The summed E-state index contributed by atoms with van der Waals surface area (Å²) >= 11 is 0. The van der Waals surface area contributed by atoms with Crippen molar-refractivity contribution in [3.05, 3.63) is 54.2 Å². The molecule has 2 fully saturated rings. The van der Waals surface area contributed by atoms with Gasteiger partial charge in [0.1, 0.15) is 24.1 Å². The molecule has 0 radical (unpaired) electrons. The van der Waals surface area contributed by atoms with Crippen LogP contribution in [-0.2, 0) is 23.7 Å². The first-order valence-electron chi connectivity index (χ1n) is 14.0. The van der Waals surface area contributed by atoms with Crippen LogP contribution in [0.3, 0.4) is 0 Å². The Balaban J connectivity index is 1.38. The average Bonchev–Trinajstić information content (AvgIpc) is 3.74. The van der Waals surface area contributed by atoms with Gasteiger partial charge in [-0.05, 0) is 66.8 Å². The first kappa shape index (κ1) is 28.4. The SMILES string of the molecule is Cc1cnc2[nH]c3c(OC[C@@H](CN4CCOCC4)OP(C)(C)=O)ccc(-c4cccc(S(=O)(=O)C5CC5)c4)c3c2c1. The number of pyridine rings is 1. The number of morpholine rings is 1. The van der Waals surface area contributed by atoms with E-state index in [1.807, 2.05) is 31.3 Å². The van der Waals surface area contributed by atoms with Crippen molar-refractivity contribution in [1.82, 2.24) is 14.9 Å². The summed E-state index contributed by atoms with van der Waals surface area (Å²) < 4.78 is 56.5. The van der Waals surface area contributed by atoms with Gasteiger partial charge in [-0.2, -0.15) is 0 Å². The number of aromatic nitrogens is 2. The molecule has 4 aromatic rings. The zero-order valence-electron chi connectivity index (χ0n) is 23.6. The molecule has 0 spiro atoms. The molecule has 2 aliphatic rings. The van der Waals surface area contributed by atoms with Crippen molar-refractivity contribution in [2.24, 2.45) is 0 Å². The van der Waals surface area contributed by atoms with E-state index in [1.54, 1.807) is 31.5 Å². The number of benzene rings is 2. The van der Waals surface area contributed by atoms with Crippen molar-refractivity contribution in [2.45, 2.75) is 36.0 Å². The Bertz CT molecular complexity index is 1740. The highest BCUT2D eigenvalue weighted by molar-refractivity contribution is 7.92. The molecule has 1 aliphatic carbocycles. The van der Waals surface area contributed by atoms with E-state index in [2.05, 4.69) is 20.9 Å². The Kier molecular flexibility index (Phi) is 7.72. The van der Waals surface area contributed by atoms with E-state index in [1.165, 1.54) is 0 Å². The van der Waals surface area contributed by atoms with Crippen LogP contribution >= 0.6 is 7.37 Å². The molecule has 41 heavy (non-hydrogen) atoms. The maximum Gasteiger partial charge on any atom is 0.197 e. The van der Waals surface area contributed by atoms with Crippen LogP contribution in [0.5, 0.6) is 5.75 Å². The first-order chi connectivity index (χ1) is 19.6. The topological polar surface area (TPSA) is 111 Å². The molecule has 2 aromatic heterocycles. The Labute approximate surface area is 240 Å². The molecular formula is C30H36N3O6PS. The molecule has 0 bridgehead atoms. The molecule has 1 N–H and O–H groups in total. The second-order valence-corrected chi connectivity index (χ2v) is 16.3. The maximum atomic E-state index is 13.0. The minimum absolute atomic E-state index is 0.217. The van der Waals surface area contributed by atoms with Crippen molar-refractivity contribution in [2.75, 3.05) is 52.8 Å². The number of sulfone groups is 1. The number of rotatable bonds is 10. The number of H-pyrrole nitrogens is 1. The summed E-state index contributed by atoms with van der Waals surface area (Å²) in [6.45, 7) is 8.95. The fourth-order valence-electron chi connectivity index (χ4n) is 5.47. The number of aryl methyl sites for hydroxylation is 1. The van der Waals surface area contributed by atoms with E-state index in [0.717, 1.165) is 64.6 Å². The van der Waals surface area contributed by atoms with Gasteiger partial charge in [0.25, 0.3) is 0 Å². The van der Waals surface area contributed by atoms with Crippen LogP contribution in [0.1, 0.15) is 18.4 Å². The highest BCUT2D eigenvalue weighted by atomic mass is 32.2. The Hall–Kier alpha value is -2.75. The van der Waals surface area contributed by atoms with Gasteiger partial charge < -0.3 is 19.0 Å². The van der Waals surface area contributed by atoms with Crippen LogP contribution in [0, 0.1) is 6.92 Å². The number of aromatic amines is 1. The fraction of sp³-hybridized carbons (Fsp3) is 0.433. The normalized spacial score (nSPS) is 17.7. The van der Waals surface area contributed by atoms with Crippen LogP contribution in [0.2, 0.25) is 0 Å². The molecule has 0 unspecified atom stereocenters. The lowest BCUT2D eigenvalue weighted by Gasteiger charge is -2.31. The van der Waals surface area contributed by atoms with E-state index in [-0.39, 0.29) is 11.9 Å². The third kappa shape index (κ3) is 6.22. The third-order valence-corrected chi connectivity index (χ3v) is 10.6. The predicted octanol–water partition coefficient (Wildman–Crippen LogP) is 5.26. The summed E-state index contributed by atoms with van der Waals surface area (Å²) in [5.41, 5.74) is 4.22. The van der Waals surface area contributed by atoms with Gasteiger partial charge in [-0.3, -0.25) is 9.46 Å². The standard InChI is InChI=1S/C30H36N3O6PS/c1-20-15-26-28-25(21-5-4-6-24(16-21)41(35,36)23-7-8-23)9-10-27(29(28)32-30(26)31-17-20)38-19-22(39-40(2,3)34)18-33-11-13-37-14-12-33/h4-6,9-10,15-17,22-23H,7-8,11-14,18-19H2,1-3H3,(H,31,32)/t22-/m1/s1. The molecule has 1 aliphatic heterocycles. The second-order valence-electron chi connectivity index (χ2n) is 11.4. The first-order valence-corrected chi connectivity index (χ1v) is 18.1.